The van der Waals surface area contributed by atoms with E-state index >= 15 is 0 Å². The van der Waals surface area contributed by atoms with Crippen LogP contribution in [0.5, 0.6) is 11.5 Å². The predicted octanol–water partition coefficient (Wildman–Crippen LogP) is 2.48. The van der Waals surface area contributed by atoms with Crippen LogP contribution < -0.4 is 20.1 Å². The second-order valence-corrected chi connectivity index (χ2v) is 6.32. The van der Waals surface area contributed by atoms with Gasteiger partial charge in [-0.25, -0.2) is 4.79 Å². The summed E-state index contributed by atoms with van der Waals surface area (Å²) < 4.78 is 16.0. The molecule has 29 heavy (non-hydrogen) atoms. The highest BCUT2D eigenvalue weighted by Crippen LogP contribution is 2.32. The van der Waals surface area contributed by atoms with Crippen molar-refractivity contribution >= 4 is 17.9 Å². The average molecular weight is 398 g/mol. The first-order valence-corrected chi connectivity index (χ1v) is 9.28. The molecule has 2 aromatic rings. The third kappa shape index (κ3) is 5.47. The molecule has 1 aliphatic rings. The topological polar surface area (TPSA) is 103 Å². The van der Waals surface area contributed by atoms with Crippen LogP contribution in [0.2, 0.25) is 0 Å². The number of amides is 3. The molecule has 0 spiro atoms. The van der Waals surface area contributed by atoms with Crippen molar-refractivity contribution in [3.05, 3.63) is 59.7 Å². The van der Waals surface area contributed by atoms with E-state index in [9.17, 15) is 14.4 Å². The summed E-state index contributed by atoms with van der Waals surface area (Å²) in [6.07, 6.45) is -0.741. The van der Waals surface area contributed by atoms with Gasteiger partial charge in [0.05, 0.1) is 0 Å². The Kier molecular flexibility index (Phi) is 6.67. The van der Waals surface area contributed by atoms with Crippen LogP contribution in [0.3, 0.4) is 0 Å². The van der Waals surface area contributed by atoms with Crippen LogP contribution in [0, 0.1) is 0 Å². The van der Waals surface area contributed by atoms with Gasteiger partial charge in [0.15, 0.2) is 11.5 Å². The van der Waals surface area contributed by atoms with Gasteiger partial charge >= 0.3 is 12.0 Å². The summed E-state index contributed by atoms with van der Waals surface area (Å²) in [6.45, 7) is 2.28. The fraction of sp³-hybridized carbons (Fsp3) is 0.286. The highest BCUT2D eigenvalue weighted by Gasteiger charge is 2.26. The standard InChI is InChI=1S/C21H22N2O6/c1-2-22-21(26)23-20(25)19(15-6-4-3-5-7-15)29-18(24)11-9-14-8-10-16-17(12-14)28-13-27-16/h3-8,10,12,19H,2,9,11,13H2,1H3,(H2,22,23,25,26). The van der Waals surface area contributed by atoms with Crippen LogP contribution in [0.15, 0.2) is 48.5 Å². The van der Waals surface area contributed by atoms with Crippen LogP contribution in [0.4, 0.5) is 4.79 Å². The number of carbonyl (C=O) groups is 3. The minimum Gasteiger partial charge on any atom is -0.454 e. The number of fused-ring (bicyclic) bond motifs is 1. The Balaban J connectivity index is 1.63. The predicted molar refractivity (Wildman–Crippen MR) is 103 cm³/mol. The molecule has 0 saturated heterocycles. The number of rotatable bonds is 7. The monoisotopic (exact) mass is 398 g/mol. The highest BCUT2D eigenvalue weighted by molar-refractivity contribution is 5.97. The zero-order valence-electron chi connectivity index (χ0n) is 16.0. The van der Waals surface area contributed by atoms with E-state index in [-0.39, 0.29) is 13.2 Å². The summed E-state index contributed by atoms with van der Waals surface area (Å²) in [5, 5.41) is 4.66. The number of urea groups is 1. The van der Waals surface area contributed by atoms with Crippen LogP contribution in [-0.4, -0.2) is 31.2 Å². The minimum absolute atomic E-state index is 0.0669. The van der Waals surface area contributed by atoms with E-state index in [1.807, 2.05) is 12.1 Å². The number of hydrogen-bond donors (Lipinski definition) is 2. The van der Waals surface area contributed by atoms with Crippen molar-refractivity contribution < 1.29 is 28.6 Å². The van der Waals surface area contributed by atoms with Crippen molar-refractivity contribution in [2.24, 2.45) is 0 Å². The molecule has 0 radical (unpaired) electrons. The highest BCUT2D eigenvalue weighted by atomic mass is 16.7. The Morgan fingerprint density at radius 2 is 1.83 bits per heavy atom. The van der Waals surface area contributed by atoms with Crippen molar-refractivity contribution in [2.75, 3.05) is 13.3 Å². The van der Waals surface area contributed by atoms with Crippen molar-refractivity contribution in [1.82, 2.24) is 10.6 Å². The van der Waals surface area contributed by atoms with Crippen molar-refractivity contribution in [1.29, 1.82) is 0 Å². The molecular formula is C21H22N2O6. The largest absolute Gasteiger partial charge is 0.454 e. The molecular weight excluding hydrogens is 376 g/mol. The number of esters is 1. The summed E-state index contributed by atoms with van der Waals surface area (Å²) in [4.78, 5) is 36.6. The zero-order valence-corrected chi connectivity index (χ0v) is 16.0. The van der Waals surface area contributed by atoms with E-state index in [0.29, 0.717) is 30.0 Å². The molecule has 1 aliphatic heterocycles. The van der Waals surface area contributed by atoms with E-state index in [2.05, 4.69) is 10.6 Å². The maximum absolute atomic E-state index is 12.5. The third-order valence-electron chi connectivity index (χ3n) is 4.22. The Morgan fingerprint density at radius 1 is 1.07 bits per heavy atom. The van der Waals surface area contributed by atoms with Crippen molar-refractivity contribution in [3.63, 3.8) is 0 Å². The number of nitrogens with one attached hydrogen (secondary N) is 2. The molecule has 0 bridgehead atoms. The normalized spacial score (nSPS) is 12.7. The molecule has 1 unspecified atom stereocenters. The lowest BCUT2D eigenvalue weighted by molar-refractivity contribution is -0.156. The fourth-order valence-corrected chi connectivity index (χ4v) is 2.82. The molecule has 1 atom stereocenters. The summed E-state index contributed by atoms with van der Waals surface area (Å²) >= 11 is 0. The van der Waals surface area contributed by atoms with E-state index in [1.165, 1.54) is 0 Å². The van der Waals surface area contributed by atoms with Gasteiger partial charge in [0.2, 0.25) is 12.9 Å². The second-order valence-electron chi connectivity index (χ2n) is 6.32. The molecule has 2 aromatic carbocycles. The van der Waals surface area contributed by atoms with E-state index in [1.54, 1.807) is 43.3 Å². The molecule has 2 N–H and O–H groups in total. The SMILES string of the molecule is CCNC(=O)NC(=O)C(OC(=O)CCc1ccc2c(c1)OCO2)c1ccccc1. The number of hydrogen-bond acceptors (Lipinski definition) is 6. The Morgan fingerprint density at radius 3 is 2.59 bits per heavy atom. The smallest absolute Gasteiger partial charge is 0.321 e. The maximum atomic E-state index is 12.5. The maximum Gasteiger partial charge on any atom is 0.321 e. The molecule has 8 heteroatoms. The van der Waals surface area contributed by atoms with Crippen molar-refractivity contribution in [2.45, 2.75) is 25.9 Å². The average Bonchev–Trinajstić information content (AvgIpc) is 3.19. The van der Waals surface area contributed by atoms with Crippen molar-refractivity contribution in [3.8, 4) is 11.5 Å². The molecule has 3 amide bonds. The van der Waals surface area contributed by atoms with Gasteiger partial charge in [-0.15, -0.1) is 0 Å². The second kappa shape index (κ2) is 9.59. The first-order valence-electron chi connectivity index (χ1n) is 9.28. The molecule has 8 nitrogen and oxygen atoms in total. The van der Waals surface area contributed by atoms with Crippen LogP contribution in [0.25, 0.3) is 0 Å². The van der Waals surface area contributed by atoms with E-state index < -0.39 is 24.0 Å². The summed E-state index contributed by atoms with van der Waals surface area (Å²) in [5.74, 6) is 0.0444. The number of carbonyl (C=O) groups excluding carboxylic acids is 3. The van der Waals surface area contributed by atoms with Crippen LogP contribution >= 0.6 is 0 Å². The molecule has 0 saturated carbocycles. The van der Waals surface area contributed by atoms with Gasteiger partial charge in [-0.2, -0.15) is 0 Å². The molecule has 0 aromatic heterocycles. The fourth-order valence-electron chi connectivity index (χ4n) is 2.82. The van der Waals surface area contributed by atoms with Gasteiger partial charge in [0.25, 0.3) is 5.91 Å². The lowest BCUT2D eigenvalue weighted by Crippen LogP contribution is -2.42. The Bertz CT molecular complexity index is 884. The minimum atomic E-state index is -1.22. The van der Waals surface area contributed by atoms with Gasteiger partial charge in [0, 0.05) is 18.5 Å². The van der Waals surface area contributed by atoms with Gasteiger partial charge in [-0.05, 0) is 31.0 Å². The van der Waals surface area contributed by atoms with E-state index in [0.717, 1.165) is 5.56 Å². The number of aryl methyl sites for hydroxylation is 1. The molecule has 152 valence electrons. The van der Waals surface area contributed by atoms with Gasteiger partial charge in [0.1, 0.15) is 0 Å². The summed E-state index contributed by atoms with van der Waals surface area (Å²) in [6, 6.07) is 13.3. The summed E-state index contributed by atoms with van der Waals surface area (Å²) in [7, 11) is 0. The first-order chi connectivity index (χ1) is 14.1. The summed E-state index contributed by atoms with van der Waals surface area (Å²) in [5.41, 5.74) is 1.36. The zero-order chi connectivity index (χ0) is 20.6. The molecule has 1 heterocycles. The third-order valence-corrected chi connectivity index (χ3v) is 4.22. The van der Waals surface area contributed by atoms with Crippen LogP contribution in [-0.2, 0) is 20.7 Å². The number of ether oxygens (including phenoxy) is 3. The van der Waals surface area contributed by atoms with Gasteiger partial charge in [-0.1, -0.05) is 36.4 Å². The molecule has 0 fully saturated rings. The Hall–Kier alpha value is -3.55. The van der Waals surface area contributed by atoms with Crippen LogP contribution in [0.1, 0.15) is 30.6 Å². The molecule has 3 rings (SSSR count). The van der Waals surface area contributed by atoms with Gasteiger partial charge < -0.3 is 19.5 Å². The van der Waals surface area contributed by atoms with Gasteiger partial charge in [-0.3, -0.25) is 14.9 Å². The first kappa shape index (κ1) is 20.2. The van der Waals surface area contributed by atoms with E-state index in [4.69, 9.17) is 14.2 Å². The lowest BCUT2D eigenvalue weighted by atomic mass is 10.1. The number of imide groups is 1. The number of benzene rings is 2. The Labute approximate surface area is 168 Å². The lowest BCUT2D eigenvalue weighted by Gasteiger charge is -2.17. The quantitative estimate of drug-likeness (QED) is 0.695. The molecule has 0 aliphatic carbocycles.